The van der Waals surface area contributed by atoms with Crippen LogP contribution in [0.15, 0.2) is 22.7 Å². The molecule has 26 heavy (non-hydrogen) atoms. The molecule has 0 unspecified atom stereocenters. The van der Waals surface area contributed by atoms with E-state index in [9.17, 15) is 5.11 Å². The SMILES string of the molecule is [B]N1CCC(CCc2noc3c(CO)c(C4=CCOCC4)ccc23)CC1. The van der Waals surface area contributed by atoms with Gasteiger partial charge in [0.2, 0.25) is 0 Å². The summed E-state index contributed by atoms with van der Waals surface area (Å²) >= 11 is 0. The number of nitrogens with zero attached hydrogens (tertiary/aromatic N) is 2. The number of benzene rings is 1. The summed E-state index contributed by atoms with van der Waals surface area (Å²) < 4.78 is 11.1. The average molecular weight is 352 g/mol. The maximum Gasteiger partial charge on any atom is 0.182 e. The molecule has 2 aliphatic rings. The Morgan fingerprint density at radius 3 is 2.85 bits per heavy atom. The first kappa shape index (κ1) is 17.8. The molecule has 4 rings (SSSR count). The Labute approximate surface area is 155 Å². The largest absolute Gasteiger partial charge is 0.392 e. The summed E-state index contributed by atoms with van der Waals surface area (Å²) in [6.45, 7) is 3.25. The third-order valence-corrected chi connectivity index (χ3v) is 5.72. The lowest BCUT2D eigenvalue weighted by Gasteiger charge is -2.29. The van der Waals surface area contributed by atoms with Gasteiger partial charge in [-0.15, -0.1) is 0 Å². The highest BCUT2D eigenvalue weighted by molar-refractivity contribution is 6.04. The second kappa shape index (κ2) is 7.95. The first-order valence-electron chi connectivity index (χ1n) is 9.54. The molecule has 0 atom stereocenters. The molecular weight excluding hydrogens is 327 g/mol. The lowest BCUT2D eigenvalue weighted by molar-refractivity contribution is 0.161. The monoisotopic (exact) mass is 352 g/mol. The maximum absolute atomic E-state index is 9.95. The second-order valence-corrected chi connectivity index (χ2v) is 7.33. The number of aryl methyl sites for hydroxylation is 1. The molecule has 0 bridgehead atoms. The van der Waals surface area contributed by atoms with Crippen molar-refractivity contribution >= 4 is 24.5 Å². The van der Waals surface area contributed by atoms with E-state index >= 15 is 0 Å². The van der Waals surface area contributed by atoms with Crippen LogP contribution in [-0.2, 0) is 17.8 Å². The summed E-state index contributed by atoms with van der Waals surface area (Å²) in [4.78, 5) is 1.90. The maximum atomic E-state index is 9.95. The molecule has 3 heterocycles. The Kier molecular flexibility index (Phi) is 5.43. The molecule has 1 aromatic carbocycles. The molecule has 6 heteroatoms. The highest BCUT2D eigenvalue weighted by atomic mass is 16.5. The van der Waals surface area contributed by atoms with Crippen molar-refractivity contribution in [2.45, 2.75) is 38.7 Å². The number of aliphatic hydroxyl groups excluding tert-OH is 1. The molecule has 1 aromatic heterocycles. The number of fused-ring (bicyclic) bond motifs is 1. The zero-order valence-corrected chi connectivity index (χ0v) is 15.1. The van der Waals surface area contributed by atoms with Gasteiger partial charge in [-0.3, -0.25) is 0 Å². The molecule has 0 amide bonds. The number of hydrogen-bond acceptors (Lipinski definition) is 5. The van der Waals surface area contributed by atoms with Gasteiger partial charge in [0.1, 0.15) is 0 Å². The standard InChI is InChI=1S/C20H25BN2O3/c21-23-9-5-14(6-10-23)1-4-19-17-3-2-16(15-7-11-25-12-8-15)18(13-24)20(17)26-22-19/h2-3,7,14,24H,1,4-6,8-13H2. The molecule has 5 nitrogen and oxygen atoms in total. The zero-order valence-electron chi connectivity index (χ0n) is 15.1. The van der Waals surface area contributed by atoms with E-state index in [0.717, 1.165) is 79.6 Å². The van der Waals surface area contributed by atoms with Crippen molar-refractivity contribution in [3.05, 3.63) is 35.0 Å². The second-order valence-electron chi connectivity index (χ2n) is 7.33. The van der Waals surface area contributed by atoms with Crippen molar-refractivity contribution < 1.29 is 14.4 Å². The van der Waals surface area contributed by atoms with E-state index < -0.39 is 0 Å². The first-order valence-corrected chi connectivity index (χ1v) is 9.54. The number of ether oxygens (including phenoxy) is 1. The van der Waals surface area contributed by atoms with Crippen molar-refractivity contribution in [3.8, 4) is 0 Å². The van der Waals surface area contributed by atoms with E-state index in [0.29, 0.717) is 12.5 Å². The molecule has 2 radical (unpaired) electrons. The number of hydrogen-bond donors (Lipinski definition) is 1. The van der Waals surface area contributed by atoms with Gasteiger partial charge < -0.3 is 19.2 Å². The average Bonchev–Trinajstić information content (AvgIpc) is 3.10. The van der Waals surface area contributed by atoms with Gasteiger partial charge in [0.05, 0.1) is 25.5 Å². The smallest absolute Gasteiger partial charge is 0.182 e. The Bertz CT molecular complexity index is 794. The van der Waals surface area contributed by atoms with Crippen molar-refractivity contribution in [2.75, 3.05) is 26.3 Å². The predicted octanol–water partition coefficient (Wildman–Crippen LogP) is 2.85. The molecule has 0 spiro atoms. The third-order valence-electron chi connectivity index (χ3n) is 5.72. The lowest BCUT2D eigenvalue weighted by Crippen LogP contribution is -2.31. The van der Waals surface area contributed by atoms with Crippen LogP contribution in [0.4, 0.5) is 0 Å². The van der Waals surface area contributed by atoms with Crippen LogP contribution in [0.5, 0.6) is 0 Å². The summed E-state index contributed by atoms with van der Waals surface area (Å²) in [6.07, 6.45) is 7.25. The predicted molar refractivity (Wildman–Crippen MR) is 102 cm³/mol. The molecule has 2 aliphatic heterocycles. The van der Waals surface area contributed by atoms with Crippen LogP contribution in [0.1, 0.15) is 42.5 Å². The van der Waals surface area contributed by atoms with Gasteiger partial charge in [0.25, 0.3) is 0 Å². The minimum Gasteiger partial charge on any atom is -0.392 e. The summed E-state index contributed by atoms with van der Waals surface area (Å²) in [5, 5.41) is 15.3. The van der Waals surface area contributed by atoms with Crippen LogP contribution in [0, 0.1) is 5.92 Å². The summed E-state index contributed by atoms with van der Waals surface area (Å²) in [6, 6.07) is 4.19. The Morgan fingerprint density at radius 2 is 2.12 bits per heavy atom. The van der Waals surface area contributed by atoms with Crippen LogP contribution in [0.25, 0.3) is 16.5 Å². The minimum absolute atomic E-state index is 0.0472. The van der Waals surface area contributed by atoms with E-state index in [1.165, 1.54) is 5.57 Å². The van der Waals surface area contributed by atoms with Crippen molar-refractivity contribution in [3.63, 3.8) is 0 Å². The van der Waals surface area contributed by atoms with Gasteiger partial charge in [0.15, 0.2) is 13.6 Å². The molecule has 1 N–H and O–H groups in total. The summed E-state index contributed by atoms with van der Waals surface area (Å²) in [5.41, 5.74) is 4.84. The highest BCUT2D eigenvalue weighted by Crippen LogP contribution is 2.33. The third kappa shape index (κ3) is 3.59. The Morgan fingerprint density at radius 1 is 1.27 bits per heavy atom. The highest BCUT2D eigenvalue weighted by Gasteiger charge is 2.20. The minimum atomic E-state index is -0.0472. The van der Waals surface area contributed by atoms with Gasteiger partial charge in [-0.05, 0) is 68.3 Å². The number of aromatic nitrogens is 1. The van der Waals surface area contributed by atoms with Crippen LogP contribution < -0.4 is 0 Å². The summed E-state index contributed by atoms with van der Waals surface area (Å²) in [7, 11) is 5.84. The number of rotatable bonds is 5. The number of aliphatic hydroxyl groups is 1. The molecule has 1 fully saturated rings. The Hall–Kier alpha value is -1.63. The van der Waals surface area contributed by atoms with Crippen LogP contribution >= 0.6 is 0 Å². The normalized spacial score (nSPS) is 19.8. The van der Waals surface area contributed by atoms with Crippen molar-refractivity contribution in [2.24, 2.45) is 5.92 Å². The molecule has 1 saturated heterocycles. The number of piperidine rings is 1. The fourth-order valence-electron chi connectivity index (χ4n) is 4.10. The van der Waals surface area contributed by atoms with Crippen molar-refractivity contribution in [1.29, 1.82) is 0 Å². The van der Waals surface area contributed by atoms with Crippen molar-refractivity contribution in [1.82, 2.24) is 9.97 Å². The van der Waals surface area contributed by atoms with Gasteiger partial charge >= 0.3 is 0 Å². The molecule has 136 valence electrons. The van der Waals surface area contributed by atoms with E-state index in [-0.39, 0.29) is 6.61 Å². The van der Waals surface area contributed by atoms with Crippen LogP contribution in [-0.4, -0.2) is 49.4 Å². The molecular formula is C20H25BN2O3. The molecule has 0 saturated carbocycles. The van der Waals surface area contributed by atoms with Crippen LogP contribution in [0.3, 0.4) is 0 Å². The molecule has 2 aromatic rings. The van der Waals surface area contributed by atoms with Gasteiger partial charge in [-0.2, -0.15) is 0 Å². The fourth-order valence-corrected chi connectivity index (χ4v) is 4.10. The van der Waals surface area contributed by atoms with E-state index in [2.05, 4.69) is 23.4 Å². The van der Waals surface area contributed by atoms with E-state index in [1.807, 2.05) is 4.81 Å². The quantitative estimate of drug-likeness (QED) is 0.839. The lowest BCUT2D eigenvalue weighted by atomic mass is 9.89. The van der Waals surface area contributed by atoms with Crippen LogP contribution in [0.2, 0.25) is 0 Å². The fraction of sp³-hybridized carbons (Fsp3) is 0.550. The molecule has 0 aliphatic carbocycles. The topological polar surface area (TPSA) is 58.7 Å². The zero-order chi connectivity index (χ0) is 17.9. The summed E-state index contributed by atoms with van der Waals surface area (Å²) in [5.74, 6) is 0.700. The van der Waals surface area contributed by atoms with E-state index in [4.69, 9.17) is 17.2 Å². The first-order chi connectivity index (χ1) is 12.8. The van der Waals surface area contributed by atoms with E-state index in [1.54, 1.807) is 0 Å². The van der Waals surface area contributed by atoms with Gasteiger partial charge in [-0.25, -0.2) is 0 Å². The van der Waals surface area contributed by atoms with Gasteiger partial charge in [-0.1, -0.05) is 17.3 Å². The van der Waals surface area contributed by atoms with Gasteiger partial charge in [0, 0.05) is 10.9 Å². The Balaban J connectivity index is 1.55.